The van der Waals surface area contributed by atoms with E-state index < -0.39 is 0 Å². The third kappa shape index (κ3) is 3.08. The van der Waals surface area contributed by atoms with Crippen LogP contribution in [0.3, 0.4) is 0 Å². The van der Waals surface area contributed by atoms with Crippen LogP contribution in [0.1, 0.15) is 30.0 Å². The SMILES string of the molecule is Cc1nc(NC(C)c2cn(C)nc2C)c2cc(-c3ccccc3)sc2n1. The number of aryl methyl sites for hydroxylation is 3. The Balaban J connectivity index is 1.75. The molecule has 3 heterocycles. The lowest BCUT2D eigenvalue weighted by Gasteiger charge is -2.15. The monoisotopic (exact) mass is 363 g/mol. The maximum atomic E-state index is 4.67. The summed E-state index contributed by atoms with van der Waals surface area (Å²) in [6.07, 6.45) is 2.06. The average Bonchev–Trinajstić information content (AvgIpc) is 3.18. The maximum absolute atomic E-state index is 4.67. The molecule has 1 N–H and O–H groups in total. The molecule has 3 aromatic heterocycles. The summed E-state index contributed by atoms with van der Waals surface area (Å²) in [5, 5.41) is 9.07. The summed E-state index contributed by atoms with van der Waals surface area (Å²) in [5.41, 5.74) is 3.41. The predicted molar refractivity (Wildman–Crippen MR) is 108 cm³/mol. The molecule has 1 unspecified atom stereocenters. The van der Waals surface area contributed by atoms with Crippen molar-refractivity contribution >= 4 is 27.4 Å². The molecule has 132 valence electrons. The van der Waals surface area contributed by atoms with E-state index in [1.165, 1.54) is 16.0 Å². The number of nitrogens with zero attached hydrogens (tertiary/aromatic N) is 4. The van der Waals surface area contributed by atoms with Crippen LogP contribution in [0, 0.1) is 13.8 Å². The largest absolute Gasteiger partial charge is 0.363 e. The van der Waals surface area contributed by atoms with Crippen LogP contribution in [-0.4, -0.2) is 19.7 Å². The smallest absolute Gasteiger partial charge is 0.139 e. The fourth-order valence-electron chi connectivity index (χ4n) is 3.21. The zero-order chi connectivity index (χ0) is 18.3. The van der Waals surface area contributed by atoms with E-state index in [1.807, 2.05) is 31.6 Å². The van der Waals surface area contributed by atoms with Crippen LogP contribution >= 0.6 is 11.3 Å². The van der Waals surface area contributed by atoms with Crippen molar-refractivity contribution in [3.05, 3.63) is 59.7 Å². The Morgan fingerprint density at radius 2 is 1.88 bits per heavy atom. The van der Waals surface area contributed by atoms with Gasteiger partial charge < -0.3 is 5.32 Å². The molecule has 4 rings (SSSR count). The van der Waals surface area contributed by atoms with E-state index in [4.69, 9.17) is 0 Å². The molecule has 0 amide bonds. The number of benzene rings is 1. The topological polar surface area (TPSA) is 55.6 Å². The van der Waals surface area contributed by atoms with E-state index in [-0.39, 0.29) is 6.04 Å². The molecule has 0 aliphatic heterocycles. The van der Waals surface area contributed by atoms with Gasteiger partial charge in [-0.15, -0.1) is 11.3 Å². The second-order valence-corrected chi connectivity index (χ2v) is 7.56. The Morgan fingerprint density at radius 3 is 2.58 bits per heavy atom. The molecular weight excluding hydrogens is 342 g/mol. The van der Waals surface area contributed by atoms with Crippen LogP contribution in [0.25, 0.3) is 20.7 Å². The number of thiophene rings is 1. The first-order valence-electron chi connectivity index (χ1n) is 8.61. The number of hydrogen-bond donors (Lipinski definition) is 1. The number of anilines is 1. The number of hydrogen-bond acceptors (Lipinski definition) is 5. The second-order valence-electron chi connectivity index (χ2n) is 6.52. The standard InChI is InChI=1S/C20H21N5S/c1-12(17-11-25(4)24-13(17)2)21-19-16-10-18(15-8-6-5-7-9-15)26-20(16)23-14(3)22-19/h5-12H,1-4H3,(H,21,22,23). The van der Waals surface area contributed by atoms with Crippen molar-refractivity contribution in [2.24, 2.45) is 7.05 Å². The molecule has 1 atom stereocenters. The Morgan fingerprint density at radius 1 is 1.12 bits per heavy atom. The number of nitrogens with one attached hydrogen (secondary N) is 1. The summed E-state index contributed by atoms with van der Waals surface area (Å²) in [4.78, 5) is 11.5. The van der Waals surface area contributed by atoms with Gasteiger partial charge in [-0.05, 0) is 32.4 Å². The quantitative estimate of drug-likeness (QED) is 0.561. The molecule has 0 saturated heterocycles. The van der Waals surface area contributed by atoms with Crippen molar-refractivity contribution in [3.63, 3.8) is 0 Å². The average molecular weight is 363 g/mol. The third-order valence-corrected chi connectivity index (χ3v) is 5.51. The summed E-state index contributed by atoms with van der Waals surface area (Å²) in [6, 6.07) is 12.7. The molecular formula is C20H21N5S. The highest BCUT2D eigenvalue weighted by molar-refractivity contribution is 7.21. The van der Waals surface area contributed by atoms with Crippen molar-refractivity contribution < 1.29 is 0 Å². The van der Waals surface area contributed by atoms with E-state index in [1.54, 1.807) is 11.3 Å². The van der Waals surface area contributed by atoms with E-state index in [0.717, 1.165) is 27.6 Å². The lowest BCUT2D eigenvalue weighted by Crippen LogP contribution is -2.09. The van der Waals surface area contributed by atoms with Crippen LogP contribution in [-0.2, 0) is 7.05 Å². The third-order valence-electron chi connectivity index (χ3n) is 4.43. The molecule has 0 aliphatic carbocycles. The van der Waals surface area contributed by atoms with Gasteiger partial charge in [0.25, 0.3) is 0 Å². The Kier molecular flexibility index (Phi) is 4.20. The molecule has 4 aromatic rings. The minimum absolute atomic E-state index is 0.112. The molecule has 0 saturated carbocycles. The predicted octanol–water partition coefficient (Wildman–Crippen LogP) is 4.88. The fraction of sp³-hybridized carbons (Fsp3) is 0.250. The van der Waals surface area contributed by atoms with Crippen molar-refractivity contribution in [1.29, 1.82) is 0 Å². The van der Waals surface area contributed by atoms with Crippen molar-refractivity contribution in [2.45, 2.75) is 26.8 Å². The Labute approximate surface area is 156 Å². The molecule has 0 fully saturated rings. The van der Waals surface area contributed by atoms with Crippen molar-refractivity contribution in [3.8, 4) is 10.4 Å². The molecule has 1 aromatic carbocycles. The summed E-state index contributed by atoms with van der Waals surface area (Å²) in [6.45, 7) is 6.11. The van der Waals surface area contributed by atoms with E-state index >= 15 is 0 Å². The molecule has 5 nitrogen and oxygen atoms in total. The van der Waals surface area contributed by atoms with Gasteiger partial charge in [0.15, 0.2) is 0 Å². The molecule has 0 aliphatic rings. The summed E-state index contributed by atoms with van der Waals surface area (Å²) in [7, 11) is 1.95. The van der Waals surface area contributed by atoms with Crippen LogP contribution < -0.4 is 5.32 Å². The second kappa shape index (κ2) is 6.53. The highest BCUT2D eigenvalue weighted by Gasteiger charge is 2.16. The minimum Gasteiger partial charge on any atom is -0.363 e. The number of rotatable bonds is 4. The van der Waals surface area contributed by atoms with Crippen LogP contribution in [0.4, 0.5) is 5.82 Å². The summed E-state index contributed by atoms with van der Waals surface area (Å²) in [5.74, 6) is 1.65. The van der Waals surface area contributed by atoms with Gasteiger partial charge in [-0.3, -0.25) is 4.68 Å². The Hall–Kier alpha value is -2.73. The first-order chi connectivity index (χ1) is 12.5. The molecule has 26 heavy (non-hydrogen) atoms. The summed E-state index contributed by atoms with van der Waals surface area (Å²) >= 11 is 1.70. The van der Waals surface area contributed by atoms with Gasteiger partial charge in [0.05, 0.1) is 17.1 Å². The first-order valence-corrected chi connectivity index (χ1v) is 9.43. The minimum atomic E-state index is 0.112. The van der Waals surface area contributed by atoms with E-state index in [2.05, 4.69) is 63.8 Å². The van der Waals surface area contributed by atoms with Gasteiger partial charge in [0.2, 0.25) is 0 Å². The van der Waals surface area contributed by atoms with Gasteiger partial charge in [0.1, 0.15) is 16.5 Å². The molecule has 0 bridgehead atoms. The lowest BCUT2D eigenvalue weighted by molar-refractivity contribution is 0.756. The van der Waals surface area contributed by atoms with Gasteiger partial charge in [-0.25, -0.2) is 9.97 Å². The van der Waals surface area contributed by atoms with Crippen LogP contribution in [0.15, 0.2) is 42.6 Å². The fourth-order valence-corrected chi connectivity index (χ4v) is 4.29. The van der Waals surface area contributed by atoms with Crippen LogP contribution in [0.2, 0.25) is 0 Å². The number of aromatic nitrogens is 4. The zero-order valence-corrected chi connectivity index (χ0v) is 16.1. The van der Waals surface area contributed by atoms with E-state index in [9.17, 15) is 0 Å². The number of fused-ring (bicyclic) bond motifs is 1. The molecule has 6 heteroatoms. The van der Waals surface area contributed by atoms with Crippen molar-refractivity contribution in [2.75, 3.05) is 5.32 Å². The van der Waals surface area contributed by atoms with Gasteiger partial charge in [-0.2, -0.15) is 5.10 Å². The molecule has 0 spiro atoms. The van der Waals surface area contributed by atoms with Gasteiger partial charge in [0, 0.05) is 23.7 Å². The lowest BCUT2D eigenvalue weighted by atomic mass is 10.1. The highest BCUT2D eigenvalue weighted by atomic mass is 32.1. The zero-order valence-electron chi connectivity index (χ0n) is 15.3. The summed E-state index contributed by atoms with van der Waals surface area (Å²) < 4.78 is 1.85. The normalized spacial score (nSPS) is 12.5. The van der Waals surface area contributed by atoms with Crippen LogP contribution in [0.5, 0.6) is 0 Å². The van der Waals surface area contributed by atoms with Gasteiger partial charge >= 0.3 is 0 Å². The highest BCUT2D eigenvalue weighted by Crippen LogP contribution is 2.36. The first kappa shape index (κ1) is 16.7. The van der Waals surface area contributed by atoms with Crippen molar-refractivity contribution in [1.82, 2.24) is 19.7 Å². The van der Waals surface area contributed by atoms with E-state index in [0.29, 0.717) is 0 Å². The Bertz CT molecular complexity index is 1060. The molecule has 0 radical (unpaired) electrons. The van der Waals surface area contributed by atoms with Gasteiger partial charge in [-0.1, -0.05) is 30.3 Å². The maximum Gasteiger partial charge on any atom is 0.139 e.